The molecule has 6 heteroatoms. The van der Waals surface area contributed by atoms with Gasteiger partial charge in [0.1, 0.15) is 24.1 Å². The Labute approximate surface area is 142 Å². The maximum absolute atomic E-state index is 13.2. The predicted octanol–water partition coefficient (Wildman–Crippen LogP) is 3.69. The van der Waals surface area contributed by atoms with Crippen LogP contribution < -0.4 is 5.32 Å². The third-order valence-electron chi connectivity index (χ3n) is 3.52. The fourth-order valence-electron chi connectivity index (χ4n) is 2.21. The maximum Gasteiger partial charge on any atom is 0.408 e. The first-order valence-corrected chi connectivity index (χ1v) is 7.92. The number of amides is 1. The molecule has 1 aromatic carbocycles. The first-order chi connectivity index (χ1) is 11.0. The van der Waals surface area contributed by atoms with E-state index in [1.807, 2.05) is 13.8 Å². The average Bonchev–Trinajstić information content (AvgIpc) is 2.42. The molecule has 134 valence electrons. The lowest BCUT2D eigenvalue weighted by Gasteiger charge is -2.23. The van der Waals surface area contributed by atoms with Crippen LogP contribution in [0.1, 0.15) is 51.7 Å². The predicted molar refractivity (Wildman–Crippen MR) is 89.3 cm³/mol. The summed E-state index contributed by atoms with van der Waals surface area (Å²) < 4.78 is 23.6. The van der Waals surface area contributed by atoms with Gasteiger partial charge in [-0.1, -0.05) is 13.0 Å². The Bertz CT molecular complexity index is 595. The van der Waals surface area contributed by atoms with Gasteiger partial charge in [0.05, 0.1) is 0 Å². The molecule has 0 bridgehead atoms. The quantitative estimate of drug-likeness (QED) is 0.831. The van der Waals surface area contributed by atoms with Crippen LogP contribution in [0.15, 0.2) is 18.2 Å². The number of nitrogens with one attached hydrogen (secondary N) is 1. The summed E-state index contributed by atoms with van der Waals surface area (Å²) in [4.78, 5) is 23.4. The van der Waals surface area contributed by atoms with Crippen LogP contribution in [0.5, 0.6) is 0 Å². The van der Waals surface area contributed by atoms with Gasteiger partial charge in [-0.25, -0.2) is 9.18 Å². The van der Waals surface area contributed by atoms with Crippen molar-refractivity contribution in [2.24, 2.45) is 0 Å². The van der Waals surface area contributed by atoms with Gasteiger partial charge in [0.15, 0.2) is 0 Å². The summed E-state index contributed by atoms with van der Waals surface area (Å²) in [5.41, 5.74) is 1.09. The van der Waals surface area contributed by atoms with E-state index in [0.717, 1.165) is 11.1 Å². The van der Waals surface area contributed by atoms with Crippen molar-refractivity contribution in [3.8, 4) is 0 Å². The highest BCUT2D eigenvalue weighted by Crippen LogP contribution is 2.25. The third-order valence-corrected chi connectivity index (χ3v) is 3.52. The topological polar surface area (TPSA) is 64.6 Å². The number of hydrogen-bond acceptors (Lipinski definition) is 4. The second-order valence-corrected chi connectivity index (χ2v) is 6.84. The van der Waals surface area contributed by atoms with Gasteiger partial charge in [0, 0.05) is 5.92 Å². The number of benzene rings is 1. The zero-order valence-electron chi connectivity index (χ0n) is 15.1. The molecule has 2 atom stereocenters. The highest BCUT2D eigenvalue weighted by Gasteiger charge is 2.21. The molecule has 0 heterocycles. The summed E-state index contributed by atoms with van der Waals surface area (Å²) in [7, 11) is 0. The van der Waals surface area contributed by atoms with E-state index in [1.165, 1.54) is 12.1 Å². The molecule has 0 radical (unpaired) electrons. The second-order valence-electron chi connectivity index (χ2n) is 6.84. The number of carbonyl (C=O) groups excluding carboxylic acids is 2. The molecular weight excluding hydrogens is 313 g/mol. The zero-order valence-corrected chi connectivity index (χ0v) is 15.1. The van der Waals surface area contributed by atoms with E-state index in [9.17, 15) is 14.0 Å². The molecule has 0 aromatic heterocycles. The van der Waals surface area contributed by atoms with E-state index < -0.39 is 23.8 Å². The van der Waals surface area contributed by atoms with Crippen molar-refractivity contribution in [1.82, 2.24) is 5.32 Å². The molecule has 0 spiro atoms. The molecule has 1 rings (SSSR count). The second kappa shape index (κ2) is 8.13. The monoisotopic (exact) mass is 339 g/mol. The third kappa shape index (κ3) is 6.56. The number of carbonyl (C=O) groups is 2. The number of hydrogen-bond donors (Lipinski definition) is 1. The number of rotatable bonds is 5. The minimum Gasteiger partial charge on any atom is -0.461 e. The van der Waals surface area contributed by atoms with Crippen LogP contribution in [0.3, 0.4) is 0 Å². The van der Waals surface area contributed by atoms with Crippen LogP contribution >= 0.6 is 0 Å². The molecule has 0 fully saturated rings. The average molecular weight is 339 g/mol. The Balaban J connectivity index is 2.53. The Morgan fingerprint density at radius 3 is 2.42 bits per heavy atom. The molecule has 0 aliphatic rings. The Hall–Kier alpha value is -2.11. The molecule has 1 amide bonds. The Morgan fingerprint density at radius 2 is 1.88 bits per heavy atom. The van der Waals surface area contributed by atoms with Gasteiger partial charge in [-0.15, -0.1) is 0 Å². The number of esters is 1. The Kier molecular flexibility index (Phi) is 6.75. The van der Waals surface area contributed by atoms with E-state index in [0.29, 0.717) is 0 Å². The van der Waals surface area contributed by atoms with E-state index in [4.69, 9.17) is 9.47 Å². The fourth-order valence-corrected chi connectivity index (χ4v) is 2.21. The molecule has 0 aliphatic heterocycles. The van der Waals surface area contributed by atoms with Gasteiger partial charge >= 0.3 is 12.1 Å². The van der Waals surface area contributed by atoms with Crippen molar-refractivity contribution in [3.05, 3.63) is 35.1 Å². The van der Waals surface area contributed by atoms with E-state index in [1.54, 1.807) is 33.8 Å². The maximum atomic E-state index is 13.2. The number of ether oxygens (including phenoxy) is 2. The van der Waals surface area contributed by atoms with Crippen molar-refractivity contribution in [1.29, 1.82) is 0 Å². The summed E-state index contributed by atoms with van der Waals surface area (Å²) in [6.45, 7) is 10.4. The highest BCUT2D eigenvalue weighted by atomic mass is 19.1. The largest absolute Gasteiger partial charge is 0.461 e. The molecule has 1 N–H and O–H groups in total. The number of aryl methyl sites for hydroxylation is 1. The molecule has 24 heavy (non-hydrogen) atoms. The van der Waals surface area contributed by atoms with E-state index >= 15 is 0 Å². The summed E-state index contributed by atoms with van der Waals surface area (Å²) in [5.74, 6) is -0.953. The van der Waals surface area contributed by atoms with Crippen LogP contribution in [0.4, 0.5) is 9.18 Å². The number of halogens is 1. The Morgan fingerprint density at radius 1 is 1.25 bits per heavy atom. The standard InChI is InChI=1S/C18H26FNO4/c1-11-9-14(19)7-8-15(11)12(2)13(3)23-16(21)10-20-17(22)24-18(4,5)6/h7-9,12-13H,10H2,1-6H3,(H,20,22)/t12-,13+/m0/s1. The van der Waals surface area contributed by atoms with Crippen molar-refractivity contribution < 1.29 is 23.5 Å². The first kappa shape index (κ1) is 19.9. The lowest BCUT2D eigenvalue weighted by molar-refractivity contribution is -0.148. The molecule has 0 aliphatic carbocycles. The smallest absolute Gasteiger partial charge is 0.408 e. The van der Waals surface area contributed by atoms with Gasteiger partial charge in [-0.3, -0.25) is 4.79 Å². The summed E-state index contributed by atoms with van der Waals surface area (Å²) >= 11 is 0. The van der Waals surface area contributed by atoms with Crippen LogP contribution in [0, 0.1) is 12.7 Å². The lowest BCUT2D eigenvalue weighted by Crippen LogP contribution is -2.37. The van der Waals surface area contributed by atoms with Crippen LogP contribution in [0.2, 0.25) is 0 Å². The van der Waals surface area contributed by atoms with Gasteiger partial charge in [-0.05, 0) is 57.9 Å². The normalized spacial score (nSPS) is 13.8. The fraction of sp³-hybridized carbons (Fsp3) is 0.556. The molecular formula is C18H26FNO4. The van der Waals surface area contributed by atoms with E-state index in [-0.39, 0.29) is 18.3 Å². The van der Waals surface area contributed by atoms with Crippen molar-refractivity contribution >= 4 is 12.1 Å². The molecule has 0 unspecified atom stereocenters. The summed E-state index contributed by atoms with van der Waals surface area (Å²) in [6, 6.07) is 4.53. The van der Waals surface area contributed by atoms with Crippen molar-refractivity contribution in [2.75, 3.05) is 6.54 Å². The van der Waals surface area contributed by atoms with Gasteiger partial charge < -0.3 is 14.8 Å². The SMILES string of the molecule is Cc1cc(F)ccc1[C@@H](C)[C@@H](C)OC(=O)CNC(=O)OC(C)(C)C. The lowest BCUT2D eigenvalue weighted by atomic mass is 9.92. The van der Waals surface area contributed by atoms with Gasteiger partial charge in [0.2, 0.25) is 0 Å². The van der Waals surface area contributed by atoms with Crippen molar-refractivity contribution in [2.45, 2.75) is 59.2 Å². The summed E-state index contributed by atoms with van der Waals surface area (Å²) in [5, 5.41) is 2.36. The van der Waals surface area contributed by atoms with Crippen molar-refractivity contribution in [3.63, 3.8) is 0 Å². The van der Waals surface area contributed by atoms with Gasteiger partial charge in [0.25, 0.3) is 0 Å². The zero-order chi connectivity index (χ0) is 18.5. The highest BCUT2D eigenvalue weighted by molar-refractivity contribution is 5.78. The van der Waals surface area contributed by atoms with Crippen LogP contribution in [-0.4, -0.2) is 30.3 Å². The molecule has 0 saturated heterocycles. The first-order valence-electron chi connectivity index (χ1n) is 7.92. The molecule has 5 nitrogen and oxygen atoms in total. The summed E-state index contributed by atoms with van der Waals surface area (Å²) in [6.07, 6.45) is -1.09. The molecule has 0 saturated carbocycles. The molecule has 1 aromatic rings. The minimum absolute atomic E-state index is 0.101. The van der Waals surface area contributed by atoms with E-state index in [2.05, 4.69) is 5.32 Å². The minimum atomic E-state index is -0.672. The number of alkyl carbamates (subject to hydrolysis) is 1. The van der Waals surface area contributed by atoms with Crippen LogP contribution in [0.25, 0.3) is 0 Å². The van der Waals surface area contributed by atoms with Gasteiger partial charge in [-0.2, -0.15) is 0 Å². The van der Waals surface area contributed by atoms with Crippen LogP contribution in [-0.2, 0) is 14.3 Å².